The molecule has 3 heterocycles. The first kappa shape index (κ1) is 26.6. The molecule has 6 rings (SSSR count). The Kier molecular flexibility index (Phi) is 7.61. The lowest BCUT2D eigenvalue weighted by Crippen LogP contribution is -2.46. The van der Waals surface area contributed by atoms with Crippen molar-refractivity contribution >= 4 is 34.2 Å². The lowest BCUT2D eigenvalue weighted by Gasteiger charge is -2.36. The van der Waals surface area contributed by atoms with Crippen LogP contribution in [-0.2, 0) is 9.53 Å². The molecule has 3 fully saturated rings. The second kappa shape index (κ2) is 11.5. The molecule has 3 aromatic rings. The number of likely N-dealkylation sites (tertiary alicyclic amines) is 1. The van der Waals surface area contributed by atoms with E-state index in [2.05, 4.69) is 57.7 Å². The molecule has 3 atom stereocenters. The van der Waals surface area contributed by atoms with E-state index in [4.69, 9.17) is 9.72 Å². The topological polar surface area (TPSA) is 86.8 Å². The number of carbonyl (C=O) groups is 2. The standard InChI is InChI=1S/C32H39N5O3/c1-3-31(38)37-15-7-6-10-29(37)26-20-28(26)35-32(39)34-27-13-11-24(23-8-4-5-9-25(23)27)22-12-14-30(33-21(22)2)36-16-18-40-19-17-36/h4-5,8-9,11-14,26,28-29H,3,6-7,10,15-20H2,1-2H3,(H2,34,35,39). The first-order chi connectivity index (χ1) is 19.5. The van der Waals surface area contributed by atoms with E-state index < -0.39 is 0 Å². The van der Waals surface area contributed by atoms with Crippen LogP contribution in [0.25, 0.3) is 21.9 Å². The number of ether oxygens (including phenoxy) is 1. The minimum atomic E-state index is -0.192. The molecule has 8 heteroatoms. The molecular formula is C32H39N5O3. The maximum atomic E-state index is 13.1. The van der Waals surface area contributed by atoms with Crippen LogP contribution >= 0.6 is 0 Å². The van der Waals surface area contributed by atoms with Crippen LogP contribution in [0.5, 0.6) is 0 Å². The van der Waals surface area contributed by atoms with Gasteiger partial charge in [-0.15, -0.1) is 0 Å². The van der Waals surface area contributed by atoms with Crippen molar-refractivity contribution in [3.63, 3.8) is 0 Å². The predicted molar refractivity (Wildman–Crippen MR) is 159 cm³/mol. The second-order valence-electron chi connectivity index (χ2n) is 11.2. The van der Waals surface area contributed by atoms with E-state index in [1.54, 1.807) is 0 Å². The Morgan fingerprint density at radius 1 is 0.975 bits per heavy atom. The number of nitrogens with one attached hydrogen (secondary N) is 2. The summed E-state index contributed by atoms with van der Waals surface area (Å²) in [5.41, 5.74) is 3.94. The summed E-state index contributed by atoms with van der Waals surface area (Å²) in [4.78, 5) is 34.8. The molecule has 3 unspecified atom stereocenters. The first-order valence-electron chi connectivity index (χ1n) is 14.7. The van der Waals surface area contributed by atoms with Crippen molar-refractivity contribution in [2.24, 2.45) is 5.92 Å². The summed E-state index contributed by atoms with van der Waals surface area (Å²) in [6.07, 6.45) is 4.72. The molecule has 40 heavy (non-hydrogen) atoms. The fourth-order valence-electron chi connectivity index (χ4n) is 6.49. The van der Waals surface area contributed by atoms with Gasteiger partial charge in [0.25, 0.3) is 0 Å². The van der Waals surface area contributed by atoms with Crippen molar-refractivity contribution < 1.29 is 14.3 Å². The number of anilines is 2. The zero-order valence-corrected chi connectivity index (χ0v) is 23.5. The lowest BCUT2D eigenvalue weighted by molar-refractivity contribution is -0.135. The normalized spacial score (nSPS) is 22.7. The van der Waals surface area contributed by atoms with Gasteiger partial charge in [0, 0.05) is 60.7 Å². The highest BCUT2D eigenvalue weighted by Gasteiger charge is 2.47. The summed E-state index contributed by atoms with van der Waals surface area (Å²) in [5, 5.41) is 8.34. The predicted octanol–water partition coefficient (Wildman–Crippen LogP) is 5.35. The van der Waals surface area contributed by atoms with Crippen LogP contribution in [0.3, 0.4) is 0 Å². The van der Waals surface area contributed by atoms with Crippen LogP contribution in [0.2, 0.25) is 0 Å². The number of piperidine rings is 1. The molecule has 3 aliphatic rings. The fourth-order valence-corrected chi connectivity index (χ4v) is 6.49. The van der Waals surface area contributed by atoms with Crippen LogP contribution < -0.4 is 15.5 Å². The highest BCUT2D eigenvalue weighted by Crippen LogP contribution is 2.41. The molecule has 0 spiro atoms. The molecular weight excluding hydrogens is 502 g/mol. The monoisotopic (exact) mass is 541 g/mol. The van der Waals surface area contributed by atoms with Gasteiger partial charge in [-0.25, -0.2) is 9.78 Å². The molecule has 2 aliphatic heterocycles. The number of hydrogen-bond donors (Lipinski definition) is 2. The summed E-state index contributed by atoms with van der Waals surface area (Å²) >= 11 is 0. The van der Waals surface area contributed by atoms with E-state index in [0.717, 1.165) is 97.6 Å². The molecule has 0 radical (unpaired) electrons. The van der Waals surface area contributed by atoms with E-state index >= 15 is 0 Å². The number of morpholine rings is 1. The van der Waals surface area contributed by atoms with Gasteiger partial charge in [-0.05, 0) is 61.8 Å². The first-order valence-corrected chi connectivity index (χ1v) is 14.7. The molecule has 210 valence electrons. The fraction of sp³-hybridized carbons (Fsp3) is 0.469. The average Bonchev–Trinajstić information content (AvgIpc) is 3.76. The van der Waals surface area contributed by atoms with E-state index in [1.807, 2.05) is 25.1 Å². The Hall–Kier alpha value is -3.65. The Labute approximate surface area is 236 Å². The van der Waals surface area contributed by atoms with Gasteiger partial charge < -0.3 is 25.2 Å². The number of aromatic nitrogens is 1. The largest absolute Gasteiger partial charge is 0.378 e. The Balaban J connectivity index is 1.17. The molecule has 1 aliphatic carbocycles. The van der Waals surface area contributed by atoms with Crippen LogP contribution in [-0.4, -0.2) is 66.8 Å². The number of rotatable bonds is 6. The number of pyridine rings is 1. The highest BCUT2D eigenvalue weighted by atomic mass is 16.5. The van der Waals surface area contributed by atoms with Crippen molar-refractivity contribution in [3.05, 3.63) is 54.2 Å². The highest BCUT2D eigenvalue weighted by molar-refractivity contribution is 6.07. The van der Waals surface area contributed by atoms with Crippen LogP contribution in [0, 0.1) is 12.8 Å². The number of benzene rings is 2. The van der Waals surface area contributed by atoms with Crippen LogP contribution in [0.1, 0.15) is 44.7 Å². The van der Waals surface area contributed by atoms with Gasteiger partial charge in [-0.2, -0.15) is 0 Å². The molecule has 1 saturated carbocycles. The maximum Gasteiger partial charge on any atom is 0.319 e. The minimum absolute atomic E-state index is 0.111. The number of amides is 3. The molecule has 1 aromatic heterocycles. The van der Waals surface area contributed by atoms with Crippen LogP contribution in [0.15, 0.2) is 48.5 Å². The zero-order valence-electron chi connectivity index (χ0n) is 23.5. The number of nitrogens with zero attached hydrogens (tertiary/aromatic N) is 3. The van der Waals surface area contributed by atoms with E-state index in [1.165, 1.54) is 0 Å². The number of hydrogen-bond acceptors (Lipinski definition) is 5. The summed E-state index contributed by atoms with van der Waals surface area (Å²) in [6.45, 7) is 8.00. The Morgan fingerprint density at radius 2 is 1.75 bits per heavy atom. The average molecular weight is 542 g/mol. The quantitative estimate of drug-likeness (QED) is 0.440. The summed E-state index contributed by atoms with van der Waals surface area (Å²) in [5.74, 6) is 1.56. The third kappa shape index (κ3) is 5.37. The van der Waals surface area contributed by atoms with Crippen molar-refractivity contribution in [2.75, 3.05) is 43.1 Å². The number of urea groups is 1. The van der Waals surface area contributed by atoms with Gasteiger partial charge in [0.2, 0.25) is 5.91 Å². The van der Waals surface area contributed by atoms with Crippen molar-refractivity contribution in [1.29, 1.82) is 0 Å². The van der Waals surface area contributed by atoms with Crippen molar-refractivity contribution in [3.8, 4) is 11.1 Å². The van der Waals surface area contributed by atoms with E-state index in [9.17, 15) is 9.59 Å². The number of carbonyl (C=O) groups excluding carboxylic acids is 2. The molecule has 2 N–H and O–H groups in total. The summed E-state index contributed by atoms with van der Waals surface area (Å²) in [7, 11) is 0. The van der Waals surface area contributed by atoms with Gasteiger partial charge in [-0.1, -0.05) is 37.3 Å². The third-order valence-corrected chi connectivity index (χ3v) is 8.69. The molecule has 3 amide bonds. The van der Waals surface area contributed by atoms with Crippen molar-refractivity contribution in [1.82, 2.24) is 15.2 Å². The van der Waals surface area contributed by atoms with Gasteiger partial charge in [-0.3, -0.25) is 4.79 Å². The zero-order chi connectivity index (χ0) is 27.6. The smallest absolute Gasteiger partial charge is 0.319 e. The Bertz CT molecular complexity index is 1400. The molecule has 0 bridgehead atoms. The number of aryl methyl sites for hydroxylation is 1. The van der Waals surface area contributed by atoms with Gasteiger partial charge in [0.15, 0.2) is 0 Å². The van der Waals surface area contributed by atoms with Crippen LogP contribution in [0.4, 0.5) is 16.3 Å². The SMILES string of the molecule is CCC(=O)N1CCCCC1C1CC1NC(=O)Nc1ccc(-c2ccc(N3CCOCC3)nc2C)c2ccccc12. The molecule has 2 saturated heterocycles. The minimum Gasteiger partial charge on any atom is -0.378 e. The molecule has 8 nitrogen and oxygen atoms in total. The lowest BCUT2D eigenvalue weighted by atomic mass is 9.96. The van der Waals surface area contributed by atoms with E-state index in [-0.39, 0.29) is 24.0 Å². The summed E-state index contributed by atoms with van der Waals surface area (Å²) in [6, 6.07) is 16.7. The van der Waals surface area contributed by atoms with Crippen molar-refractivity contribution in [2.45, 2.75) is 58.0 Å². The number of fused-ring (bicyclic) bond motifs is 1. The second-order valence-corrected chi connectivity index (χ2v) is 11.2. The maximum absolute atomic E-state index is 13.1. The van der Waals surface area contributed by atoms with Gasteiger partial charge in [0.05, 0.1) is 18.9 Å². The Morgan fingerprint density at radius 3 is 2.52 bits per heavy atom. The third-order valence-electron chi connectivity index (χ3n) is 8.69. The van der Waals surface area contributed by atoms with E-state index in [0.29, 0.717) is 12.3 Å². The van der Waals surface area contributed by atoms with Gasteiger partial charge in [0.1, 0.15) is 5.82 Å². The molecule has 2 aromatic carbocycles. The summed E-state index contributed by atoms with van der Waals surface area (Å²) < 4.78 is 5.49. The van der Waals surface area contributed by atoms with Gasteiger partial charge >= 0.3 is 6.03 Å².